The van der Waals surface area contributed by atoms with Crippen LogP contribution in [0.4, 0.5) is 4.39 Å². The van der Waals surface area contributed by atoms with Gasteiger partial charge in [-0.2, -0.15) is 0 Å². The van der Waals surface area contributed by atoms with Crippen LogP contribution in [0.15, 0.2) is 24.3 Å². The van der Waals surface area contributed by atoms with Crippen molar-refractivity contribution >= 4 is 17.6 Å². The second kappa shape index (κ2) is 17.6. The SMILES string of the molecule is CCCCCCCCCCCC(=O)NC(=O)C1(N2CCCCC2)CCN(CCCC(=O)c2ccc(F)cc2)CC1. The fraction of sp³-hybridized carbons (Fsp3) is 0.727. The number of imide groups is 1. The number of benzene rings is 1. The molecule has 40 heavy (non-hydrogen) atoms. The maximum atomic E-state index is 13.6. The molecular weight excluding hydrogens is 505 g/mol. The summed E-state index contributed by atoms with van der Waals surface area (Å²) < 4.78 is 13.1. The van der Waals surface area contributed by atoms with Crippen molar-refractivity contribution in [3.8, 4) is 0 Å². The highest BCUT2D eigenvalue weighted by molar-refractivity contribution is 6.00. The average Bonchev–Trinajstić information content (AvgIpc) is 2.97. The Hall–Kier alpha value is -2.12. The molecule has 2 aliphatic rings. The van der Waals surface area contributed by atoms with Crippen molar-refractivity contribution in [2.24, 2.45) is 0 Å². The third-order valence-electron chi connectivity index (χ3n) is 8.87. The lowest BCUT2D eigenvalue weighted by molar-refractivity contribution is -0.142. The predicted molar refractivity (Wildman–Crippen MR) is 159 cm³/mol. The second-order valence-electron chi connectivity index (χ2n) is 11.9. The molecule has 2 amide bonds. The summed E-state index contributed by atoms with van der Waals surface area (Å²) in [5.41, 5.74) is -0.0671. The van der Waals surface area contributed by atoms with Gasteiger partial charge in [-0.25, -0.2) is 4.39 Å². The van der Waals surface area contributed by atoms with Crippen molar-refractivity contribution in [1.82, 2.24) is 15.1 Å². The molecule has 2 saturated heterocycles. The molecule has 0 saturated carbocycles. The van der Waals surface area contributed by atoms with Crippen LogP contribution in [0.2, 0.25) is 0 Å². The normalized spacial score (nSPS) is 17.9. The standard InChI is InChI=1S/C33H52FN3O3/c1-2-3-4-5-6-7-8-9-11-16-31(39)35-32(40)33(37-24-12-10-13-25-37)21-26-36(27-22-33)23-14-15-30(38)28-17-19-29(34)20-18-28/h17-20H,2-16,21-27H2,1H3,(H,35,39,40). The molecule has 0 spiro atoms. The van der Waals surface area contributed by atoms with Gasteiger partial charge < -0.3 is 4.90 Å². The number of unbranched alkanes of at least 4 members (excludes halogenated alkanes) is 8. The number of Topliss-reactive ketones (excluding diaryl/α,β-unsaturated/α-hetero) is 1. The lowest BCUT2D eigenvalue weighted by atomic mass is 9.83. The highest BCUT2D eigenvalue weighted by atomic mass is 19.1. The summed E-state index contributed by atoms with van der Waals surface area (Å²) in [5, 5.41) is 2.80. The number of likely N-dealkylation sites (tertiary alicyclic amines) is 2. The lowest BCUT2D eigenvalue weighted by Crippen LogP contribution is -2.64. The Labute approximate surface area is 241 Å². The first-order chi connectivity index (χ1) is 19.4. The number of nitrogens with one attached hydrogen (secondary N) is 1. The van der Waals surface area contributed by atoms with Gasteiger partial charge in [0.15, 0.2) is 5.78 Å². The van der Waals surface area contributed by atoms with E-state index in [1.54, 1.807) is 12.1 Å². The second-order valence-corrected chi connectivity index (χ2v) is 11.9. The molecule has 3 rings (SSSR count). The molecule has 0 aliphatic carbocycles. The minimum Gasteiger partial charge on any atom is -0.303 e. The molecule has 7 heteroatoms. The highest BCUT2D eigenvalue weighted by Crippen LogP contribution is 2.32. The van der Waals surface area contributed by atoms with Crippen molar-refractivity contribution < 1.29 is 18.8 Å². The molecule has 0 atom stereocenters. The van der Waals surface area contributed by atoms with E-state index in [2.05, 4.69) is 22.0 Å². The number of carbonyl (C=O) groups is 3. The smallest absolute Gasteiger partial charge is 0.247 e. The van der Waals surface area contributed by atoms with E-state index in [1.807, 2.05) is 0 Å². The number of piperidine rings is 2. The predicted octanol–water partition coefficient (Wildman–Crippen LogP) is 6.67. The molecule has 0 unspecified atom stereocenters. The first-order valence-electron chi connectivity index (χ1n) is 16.0. The molecule has 2 fully saturated rings. The quantitative estimate of drug-likeness (QED) is 0.171. The molecule has 2 heterocycles. The monoisotopic (exact) mass is 557 g/mol. The van der Waals surface area contributed by atoms with E-state index >= 15 is 0 Å². The molecule has 0 bridgehead atoms. The van der Waals surface area contributed by atoms with E-state index in [-0.39, 0.29) is 23.4 Å². The number of hydrogen-bond acceptors (Lipinski definition) is 5. The van der Waals surface area contributed by atoms with Gasteiger partial charge in [0.2, 0.25) is 11.8 Å². The maximum Gasteiger partial charge on any atom is 0.247 e. The highest BCUT2D eigenvalue weighted by Gasteiger charge is 2.46. The van der Waals surface area contributed by atoms with Crippen molar-refractivity contribution in [2.45, 2.75) is 122 Å². The summed E-state index contributed by atoms with van der Waals surface area (Å²) >= 11 is 0. The van der Waals surface area contributed by atoms with E-state index < -0.39 is 5.54 Å². The van der Waals surface area contributed by atoms with Crippen molar-refractivity contribution in [2.75, 3.05) is 32.7 Å². The van der Waals surface area contributed by atoms with Crippen LogP contribution < -0.4 is 5.32 Å². The van der Waals surface area contributed by atoms with Gasteiger partial charge in [-0.3, -0.25) is 24.6 Å². The van der Waals surface area contributed by atoms with Gasteiger partial charge in [0.25, 0.3) is 0 Å². The van der Waals surface area contributed by atoms with Crippen molar-refractivity contribution in [3.63, 3.8) is 0 Å². The summed E-state index contributed by atoms with van der Waals surface area (Å²) in [5.74, 6) is -0.548. The van der Waals surface area contributed by atoms with E-state index in [9.17, 15) is 18.8 Å². The number of amides is 2. The first-order valence-corrected chi connectivity index (χ1v) is 16.0. The van der Waals surface area contributed by atoms with Gasteiger partial charge in [-0.05, 0) is 82.4 Å². The fourth-order valence-electron chi connectivity index (χ4n) is 6.30. The van der Waals surface area contributed by atoms with Gasteiger partial charge in [0, 0.05) is 31.5 Å². The Morgan fingerprint density at radius 2 is 1.38 bits per heavy atom. The summed E-state index contributed by atoms with van der Waals surface area (Å²) in [4.78, 5) is 43.5. The third kappa shape index (κ3) is 10.4. The van der Waals surface area contributed by atoms with Crippen molar-refractivity contribution in [3.05, 3.63) is 35.6 Å². The van der Waals surface area contributed by atoms with Crippen LogP contribution in [0, 0.1) is 5.82 Å². The Morgan fingerprint density at radius 1 is 0.775 bits per heavy atom. The van der Waals surface area contributed by atoms with E-state index in [0.717, 1.165) is 71.2 Å². The number of ketones is 1. The third-order valence-corrected chi connectivity index (χ3v) is 8.87. The molecule has 1 aromatic carbocycles. The zero-order chi connectivity index (χ0) is 28.6. The van der Waals surface area contributed by atoms with Crippen LogP contribution in [0.1, 0.15) is 126 Å². The minimum atomic E-state index is -0.616. The van der Waals surface area contributed by atoms with Gasteiger partial charge in [-0.15, -0.1) is 0 Å². The van der Waals surface area contributed by atoms with E-state index in [4.69, 9.17) is 0 Å². The Kier molecular flexibility index (Phi) is 14.3. The lowest BCUT2D eigenvalue weighted by Gasteiger charge is -2.48. The topological polar surface area (TPSA) is 69.7 Å². The summed E-state index contributed by atoms with van der Waals surface area (Å²) in [6.45, 7) is 6.40. The number of halogens is 1. The molecule has 6 nitrogen and oxygen atoms in total. The van der Waals surface area contributed by atoms with E-state index in [0.29, 0.717) is 31.2 Å². The van der Waals surface area contributed by atoms with Crippen LogP contribution in [0.3, 0.4) is 0 Å². The average molecular weight is 558 g/mol. The zero-order valence-corrected chi connectivity index (χ0v) is 24.9. The maximum absolute atomic E-state index is 13.6. The van der Waals surface area contributed by atoms with Gasteiger partial charge in [-0.1, -0.05) is 64.7 Å². The van der Waals surface area contributed by atoms with Gasteiger partial charge >= 0.3 is 0 Å². The van der Waals surface area contributed by atoms with Crippen molar-refractivity contribution in [1.29, 1.82) is 0 Å². The van der Waals surface area contributed by atoms with Crippen LogP contribution in [-0.2, 0) is 9.59 Å². The molecule has 0 radical (unpaired) electrons. The minimum absolute atomic E-state index is 0.0320. The molecule has 1 aromatic rings. The number of hydrogen-bond donors (Lipinski definition) is 1. The number of nitrogens with zero attached hydrogens (tertiary/aromatic N) is 2. The molecule has 1 N–H and O–H groups in total. The summed E-state index contributed by atoms with van der Waals surface area (Å²) in [7, 11) is 0. The molecular formula is C33H52FN3O3. The fourth-order valence-corrected chi connectivity index (χ4v) is 6.30. The van der Waals surface area contributed by atoms with Crippen LogP contribution in [0.25, 0.3) is 0 Å². The number of carbonyl (C=O) groups excluding carboxylic acids is 3. The zero-order valence-electron chi connectivity index (χ0n) is 24.9. The largest absolute Gasteiger partial charge is 0.303 e. The molecule has 0 aromatic heterocycles. The van der Waals surface area contributed by atoms with Crippen LogP contribution in [-0.4, -0.2) is 65.7 Å². The van der Waals surface area contributed by atoms with E-state index in [1.165, 1.54) is 57.1 Å². The molecule has 224 valence electrons. The number of rotatable bonds is 17. The Balaban J connectivity index is 1.42. The van der Waals surface area contributed by atoms with Crippen LogP contribution >= 0.6 is 0 Å². The van der Waals surface area contributed by atoms with Gasteiger partial charge in [0.1, 0.15) is 11.4 Å². The first kappa shape index (κ1) is 32.4. The van der Waals surface area contributed by atoms with Crippen LogP contribution in [0.5, 0.6) is 0 Å². The Bertz CT molecular complexity index is 906. The Morgan fingerprint density at radius 3 is 2.00 bits per heavy atom. The summed E-state index contributed by atoms with van der Waals surface area (Å²) in [6, 6.07) is 5.73. The summed E-state index contributed by atoms with van der Waals surface area (Å²) in [6.07, 6.45) is 17.2. The van der Waals surface area contributed by atoms with Gasteiger partial charge in [0.05, 0.1) is 0 Å². The molecule has 2 aliphatic heterocycles.